The van der Waals surface area contributed by atoms with Crippen LogP contribution in [0.1, 0.15) is 33.6 Å². The normalized spacial score (nSPS) is 15.8. The van der Waals surface area contributed by atoms with Gasteiger partial charge < -0.3 is 26.4 Å². The molecule has 10 nitrogen and oxygen atoms in total. The number of rotatable bonds is 5. The zero-order chi connectivity index (χ0) is 22.5. The Morgan fingerprint density at radius 2 is 1.87 bits per heavy atom. The Hall–Kier alpha value is -3.60. The van der Waals surface area contributed by atoms with Gasteiger partial charge in [0.05, 0.1) is 12.1 Å². The van der Waals surface area contributed by atoms with E-state index in [1.807, 2.05) is 0 Å². The topological polar surface area (TPSA) is 157 Å². The second-order valence-corrected chi connectivity index (χ2v) is 8.01. The molecule has 0 radical (unpaired) electrons. The number of nitrogens with two attached hydrogens (primary N) is 2. The number of carbonyl (C=O) groups excluding carboxylic acids is 4. The van der Waals surface area contributed by atoms with Gasteiger partial charge in [0, 0.05) is 24.0 Å². The molecular formula is C20H23N5O5S. The number of hydrogen-bond acceptors (Lipinski definition) is 6. The van der Waals surface area contributed by atoms with E-state index < -0.39 is 24.1 Å². The van der Waals surface area contributed by atoms with E-state index >= 15 is 0 Å². The number of nitrogens with one attached hydrogen (secondary N) is 2. The average Bonchev–Trinajstić information content (AvgIpc) is 3.16. The van der Waals surface area contributed by atoms with Gasteiger partial charge in [0.2, 0.25) is 0 Å². The lowest BCUT2D eigenvalue weighted by Crippen LogP contribution is -2.46. The lowest BCUT2D eigenvalue weighted by Gasteiger charge is -2.31. The van der Waals surface area contributed by atoms with Gasteiger partial charge in [-0.1, -0.05) is 12.1 Å². The molecule has 2 heterocycles. The fraction of sp³-hybridized carbons (Fsp3) is 0.300. The van der Waals surface area contributed by atoms with E-state index in [1.54, 1.807) is 37.4 Å². The van der Waals surface area contributed by atoms with Crippen molar-refractivity contribution in [1.82, 2.24) is 10.2 Å². The average molecular weight is 446 g/mol. The molecule has 164 valence electrons. The van der Waals surface area contributed by atoms with Crippen molar-refractivity contribution in [3.63, 3.8) is 0 Å². The number of anilines is 1. The Labute approximate surface area is 182 Å². The third-order valence-corrected chi connectivity index (χ3v) is 5.91. The van der Waals surface area contributed by atoms with Crippen molar-refractivity contribution in [2.24, 2.45) is 11.5 Å². The Morgan fingerprint density at radius 1 is 1.16 bits per heavy atom. The number of primary amides is 2. The van der Waals surface area contributed by atoms with Gasteiger partial charge in [-0.2, -0.15) is 0 Å². The van der Waals surface area contributed by atoms with Crippen LogP contribution >= 0.6 is 11.3 Å². The third-order valence-electron chi connectivity index (χ3n) is 4.81. The van der Waals surface area contributed by atoms with Crippen molar-refractivity contribution in [2.45, 2.75) is 18.9 Å². The SMILES string of the molecule is CNC(=O)c1ccc(-c2cc(C(=O)OC3CCCN(C(N)=O)C3)c(NC(N)=O)s2)cc1. The number of thiophene rings is 1. The number of carbonyl (C=O) groups is 4. The predicted molar refractivity (Wildman–Crippen MR) is 116 cm³/mol. The zero-order valence-electron chi connectivity index (χ0n) is 16.8. The number of benzene rings is 1. The van der Waals surface area contributed by atoms with E-state index in [4.69, 9.17) is 16.2 Å². The highest BCUT2D eigenvalue weighted by Crippen LogP contribution is 2.36. The van der Waals surface area contributed by atoms with Crippen molar-refractivity contribution >= 4 is 40.3 Å². The second kappa shape index (κ2) is 9.47. The maximum absolute atomic E-state index is 12.8. The number of hydrogen-bond donors (Lipinski definition) is 4. The van der Waals surface area contributed by atoms with Crippen LogP contribution in [0.25, 0.3) is 10.4 Å². The van der Waals surface area contributed by atoms with Crippen LogP contribution in [-0.4, -0.2) is 55.1 Å². The minimum atomic E-state index is -0.810. The molecule has 0 aliphatic carbocycles. The van der Waals surface area contributed by atoms with Crippen LogP contribution in [0.15, 0.2) is 30.3 Å². The minimum Gasteiger partial charge on any atom is -0.457 e. The molecule has 1 unspecified atom stereocenters. The molecule has 5 amide bonds. The molecule has 1 aliphatic heterocycles. The smallest absolute Gasteiger partial charge is 0.341 e. The van der Waals surface area contributed by atoms with Crippen LogP contribution in [0.3, 0.4) is 0 Å². The molecule has 11 heteroatoms. The summed E-state index contributed by atoms with van der Waals surface area (Å²) in [5.41, 5.74) is 12.0. The molecule has 1 aromatic carbocycles. The quantitative estimate of drug-likeness (QED) is 0.518. The van der Waals surface area contributed by atoms with Crippen molar-refractivity contribution in [3.8, 4) is 10.4 Å². The third kappa shape index (κ3) is 5.31. The summed E-state index contributed by atoms with van der Waals surface area (Å²) >= 11 is 1.16. The largest absolute Gasteiger partial charge is 0.457 e. The van der Waals surface area contributed by atoms with Crippen molar-refractivity contribution in [2.75, 3.05) is 25.5 Å². The number of esters is 1. The molecule has 1 atom stereocenters. The molecule has 31 heavy (non-hydrogen) atoms. The number of amides is 5. The van der Waals surface area contributed by atoms with E-state index in [1.165, 1.54) is 4.90 Å². The first-order valence-electron chi connectivity index (χ1n) is 9.56. The molecule has 1 aromatic heterocycles. The second-order valence-electron chi connectivity index (χ2n) is 6.95. The molecule has 1 fully saturated rings. The highest BCUT2D eigenvalue weighted by atomic mass is 32.1. The maximum atomic E-state index is 12.8. The first-order chi connectivity index (χ1) is 14.8. The molecular weight excluding hydrogens is 422 g/mol. The van der Waals surface area contributed by atoms with E-state index in [0.717, 1.165) is 16.9 Å². The van der Waals surface area contributed by atoms with Crippen molar-refractivity contribution < 1.29 is 23.9 Å². The highest BCUT2D eigenvalue weighted by Gasteiger charge is 2.27. The molecule has 2 aromatic rings. The molecule has 0 saturated carbocycles. The first kappa shape index (κ1) is 22.1. The first-order valence-corrected chi connectivity index (χ1v) is 10.4. The molecule has 6 N–H and O–H groups in total. The number of nitrogens with zero attached hydrogens (tertiary/aromatic N) is 1. The number of ether oxygens (including phenoxy) is 1. The van der Waals surface area contributed by atoms with Crippen molar-refractivity contribution in [3.05, 3.63) is 41.5 Å². The van der Waals surface area contributed by atoms with Gasteiger partial charge in [0.25, 0.3) is 5.91 Å². The Kier molecular flexibility index (Phi) is 6.75. The Bertz CT molecular complexity index is 1000. The van der Waals surface area contributed by atoms with Crippen molar-refractivity contribution in [1.29, 1.82) is 0 Å². The molecule has 1 aliphatic rings. The van der Waals surface area contributed by atoms with Gasteiger partial charge in [-0.3, -0.25) is 10.1 Å². The monoisotopic (exact) mass is 445 g/mol. The molecule has 3 rings (SSSR count). The van der Waals surface area contributed by atoms with Gasteiger partial charge in [-0.25, -0.2) is 14.4 Å². The lowest BCUT2D eigenvalue weighted by molar-refractivity contribution is 0.0129. The summed E-state index contributed by atoms with van der Waals surface area (Å²) in [6.07, 6.45) is 0.775. The minimum absolute atomic E-state index is 0.158. The van der Waals surface area contributed by atoms with E-state index in [9.17, 15) is 19.2 Å². The number of piperidine rings is 1. The molecule has 0 bridgehead atoms. The Morgan fingerprint density at radius 3 is 2.48 bits per heavy atom. The summed E-state index contributed by atoms with van der Waals surface area (Å²) in [6, 6.07) is 7.03. The van der Waals surface area contributed by atoms with Gasteiger partial charge in [0.15, 0.2) is 0 Å². The summed E-state index contributed by atoms with van der Waals surface area (Å²) in [6.45, 7) is 0.740. The number of likely N-dealkylation sites (tertiary alicyclic amines) is 1. The zero-order valence-corrected chi connectivity index (χ0v) is 17.7. The van der Waals surface area contributed by atoms with Gasteiger partial charge >= 0.3 is 18.0 Å². The van der Waals surface area contributed by atoms with Crippen LogP contribution in [0, 0.1) is 0 Å². The molecule has 1 saturated heterocycles. The fourth-order valence-corrected chi connectivity index (χ4v) is 4.32. The predicted octanol–water partition coefficient (Wildman–Crippen LogP) is 1.97. The summed E-state index contributed by atoms with van der Waals surface area (Å²) in [5.74, 6) is -0.847. The van der Waals surface area contributed by atoms with E-state index in [0.29, 0.717) is 29.8 Å². The van der Waals surface area contributed by atoms with E-state index in [2.05, 4.69) is 10.6 Å². The van der Waals surface area contributed by atoms with Gasteiger partial charge in [-0.05, 0) is 36.6 Å². The van der Waals surface area contributed by atoms with E-state index in [-0.39, 0.29) is 23.0 Å². The summed E-state index contributed by atoms with van der Waals surface area (Å²) < 4.78 is 5.57. The van der Waals surface area contributed by atoms with Crippen LogP contribution in [0.2, 0.25) is 0 Å². The van der Waals surface area contributed by atoms with Crippen LogP contribution in [-0.2, 0) is 4.74 Å². The molecule has 0 spiro atoms. The van der Waals surface area contributed by atoms with Crippen LogP contribution < -0.4 is 22.1 Å². The van der Waals surface area contributed by atoms with Gasteiger partial charge in [0.1, 0.15) is 11.1 Å². The maximum Gasteiger partial charge on any atom is 0.341 e. The summed E-state index contributed by atoms with van der Waals surface area (Å²) in [4.78, 5) is 49.5. The summed E-state index contributed by atoms with van der Waals surface area (Å²) in [7, 11) is 1.55. The van der Waals surface area contributed by atoms with Crippen LogP contribution in [0.5, 0.6) is 0 Å². The van der Waals surface area contributed by atoms with Crippen LogP contribution in [0.4, 0.5) is 14.6 Å². The summed E-state index contributed by atoms with van der Waals surface area (Å²) in [5, 5.41) is 5.26. The standard InChI is InChI=1S/C20H23N5O5S/c1-23-16(26)12-6-4-11(5-7-12)15-9-14(17(31-15)24-19(21)28)18(27)30-13-3-2-8-25(10-13)20(22)29/h4-7,9,13H,2-3,8,10H2,1H3,(H2,22,29)(H,23,26)(H3,21,24,28). The Balaban J connectivity index is 1.83. The van der Waals surface area contributed by atoms with Gasteiger partial charge in [-0.15, -0.1) is 11.3 Å². The highest BCUT2D eigenvalue weighted by molar-refractivity contribution is 7.20. The lowest BCUT2D eigenvalue weighted by atomic mass is 10.1. The fourth-order valence-electron chi connectivity index (χ4n) is 3.27. The number of urea groups is 2.